The zero-order valence-electron chi connectivity index (χ0n) is 28.0. The van der Waals surface area contributed by atoms with Crippen LogP contribution in [0.2, 0.25) is 0 Å². The Morgan fingerprint density at radius 3 is 2.33 bits per heavy atom. The van der Waals surface area contributed by atoms with E-state index in [9.17, 15) is 19.8 Å². The molecular weight excluding hydrogens is 672 g/mol. The average molecular weight is 713 g/mol. The fourth-order valence-electron chi connectivity index (χ4n) is 6.95. The number of hydrogen-bond donors (Lipinski definition) is 6. The van der Waals surface area contributed by atoms with E-state index in [2.05, 4.69) is 50.5 Å². The van der Waals surface area contributed by atoms with E-state index in [1.807, 2.05) is 41.3 Å². The van der Waals surface area contributed by atoms with Gasteiger partial charge >= 0.3 is 6.03 Å². The summed E-state index contributed by atoms with van der Waals surface area (Å²) in [7, 11) is 0. The van der Waals surface area contributed by atoms with Gasteiger partial charge < -0.3 is 40.9 Å². The molecule has 7 rings (SSSR count). The fourth-order valence-corrected chi connectivity index (χ4v) is 6.95. The van der Waals surface area contributed by atoms with Gasteiger partial charge in [-0.1, -0.05) is 60.7 Å². The van der Waals surface area contributed by atoms with Crippen molar-refractivity contribution in [2.45, 2.75) is 56.0 Å². The van der Waals surface area contributed by atoms with Crippen LogP contribution in [0.4, 0.5) is 22.2 Å². The highest BCUT2D eigenvalue weighted by Gasteiger charge is 2.43. The SMILES string of the molecule is CC(=O)N[C@H]1C[C@@H](n2cnc3c(NCC(c4ccccc4)c4ccccc4)nc(N4CC[C@@H](NC(=O)Nc5cccnc5)C4)nc32)[C@H](O)[C@@H]1O.Cl. The molecule has 6 N–H and O–H groups in total. The maximum atomic E-state index is 12.7. The molecular formula is C36H41ClN10O4. The molecule has 5 aromatic rings. The van der Waals surface area contributed by atoms with Crippen LogP contribution in [0.3, 0.4) is 0 Å². The van der Waals surface area contributed by atoms with Crippen LogP contribution in [0.1, 0.15) is 42.9 Å². The average Bonchev–Trinajstić information content (AvgIpc) is 3.84. The number of pyridine rings is 1. The van der Waals surface area contributed by atoms with Crippen molar-refractivity contribution in [1.82, 2.24) is 35.1 Å². The molecule has 0 bridgehead atoms. The predicted molar refractivity (Wildman–Crippen MR) is 196 cm³/mol. The van der Waals surface area contributed by atoms with E-state index in [-0.39, 0.29) is 36.3 Å². The monoisotopic (exact) mass is 712 g/mol. The van der Waals surface area contributed by atoms with E-state index >= 15 is 0 Å². The highest BCUT2D eigenvalue weighted by Crippen LogP contribution is 2.35. The third-order valence-electron chi connectivity index (χ3n) is 9.41. The third kappa shape index (κ3) is 7.88. The van der Waals surface area contributed by atoms with Gasteiger partial charge in [-0.3, -0.25) is 9.78 Å². The lowest BCUT2D eigenvalue weighted by Crippen LogP contribution is -2.42. The van der Waals surface area contributed by atoms with E-state index in [0.29, 0.717) is 61.1 Å². The second-order valence-electron chi connectivity index (χ2n) is 12.8. The number of carbonyl (C=O) groups excluding carboxylic acids is 2. The summed E-state index contributed by atoms with van der Waals surface area (Å²) in [6.45, 7) is 2.98. The molecule has 0 unspecified atom stereocenters. The summed E-state index contributed by atoms with van der Waals surface area (Å²) in [5, 5.41) is 34.1. The number of imidazole rings is 1. The third-order valence-corrected chi connectivity index (χ3v) is 9.41. The van der Waals surface area contributed by atoms with Crippen LogP contribution in [-0.4, -0.2) is 90.6 Å². The number of urea groups is 1. The lowest BCUT2D eigenvalue weighted by atomic mass is 9.91. The first-order chi connectivity index (χ1) is 24.3. The van der Waals surface area contributed by atoms with Crippen molar-refractivity contribution in [2.75, 3.05) is 35.2 Å². The lowest BCUT2D eigenvalue weighted by molar-refractivity contribution is -0.120. The molecule has 1 aliphatic carbocycles. The Labute approximate surface area is 301 Å². The van der Waals surface area contributed by atoms with E-state index in [1.54, 1.807) is 35.4 Å². The number of halogens is 1. The van der Waals surface area contributed by atoms with Crippen molar-refractivity contribution in [1.29, 1.82) is 0 Å². The summed E-state index contributed by atoms with van der Waals surface area (Å²) in [5.74, 6) is 0.696. The molecule has 2 aliphatic rings. The first kappa shape index (κ1) is 35.5. The van der Waals surface area contributed by atoms with Crippen LogP contribution < -0.4 is 26.2 Å². The van der Waals surface area contributed by atoms with Crippen LogP contribution in [-0.2, 0) is 4.79 Å². The second-order valence-corrected chi connectivity index (χ2v) is 12.8. The summed E-state index contributed by atoms with van der Waals surface area (Å²) in [6, 6.07) is 22.4. The van der Waals surface area contributed by atoms with Gasteiger partial charge in [0.1, 0.15) is 12.2 Å². The van der Waals surface area contributed by atoms with Gasteiger partial charge in [-0.25, -0.2) is 9.78 Å². The Kier molecular flexibility index (Phi) is 10.9. The largest absolute Gasteiger partial charge is 0.388 e. The number of amides is 3. The number of anilines is 3. The summed E-state index contributed by atoms with van der Waals surface area (Å²) >= 11 is 0. The van der Waals surface area contributed by atoms with Crippen LogP contribution in [0.5, 0.6) is 0 Å². The number of hydrogen-bond acceptors (Lipinski definition) is 10. The van der Waals surface area contributed by atoms with Gasteiger partial charge in [-0.05, 0) is 36.1 Å². The number of carbonyl (C=O) groups is 2. The first-order valence-corrected chi connectivity index (χ1v) is 16.8. The number of rotatable bonds is 10. The molecule has 4 heterocycles. The standard InChI is InChI=1S/C36H40N10O4.ClH/c1-22(47)40-28-17-29(32(49)31(28)48)46-21-39-30-33(38-19-27(23-9-4-2-5-10-23)24-11-6-3-7-12-24)43-35(44-34(30)46)45-16-14-26(20-45)42-36(50)41-25-13-8-15-37-18-25;/h2-13,15,18,21,26-29,31-32,48-49H,14,16-17,19-20H2,1H3,(H,40,47)(H,38,43,44)(H2,41,42,50);1H/t26-,28+,29-,31-,32+;/m1./s1. The predicted octanol–water partition coefficient (Wildman–Crippen LogP) is 3.46. The zero-order valence-corrected chi connectivity index (χ0v) is 28.8. The van der Waals surface area contributed by atoms with Crippen molar-refractivity contribution in [3.63, 3.8) is 0 Å². The maximum absolute atomic E-state index is 12.7. The van der Waals surface area contributed by atoms with Gasteiger partial charge in [0, 0.05) is 44.7 Å². The van der Waals surface area contributed by atoms with Crippen LogP contribution >= 0.6 is 12.4 Å². The highest BCUT2D eigenvalue weighted by atomic mass is 35.5. The smallest absolute Gasteiger partial charge is 0.319 e. The minimum atomic E-state index is -1.15. The molecule has 1 saturated heterocycles. The molecule has 1 aliphatic heterocycles. The molecule has 5 atom stereocenters. The number of fused-ring (bicyclic) bond motifs is 1. The van der Waals surface area contributed by atoms with Gasteiger partial charge in [0.05, 0.1) is 30.3 Å². The van der Waals surface area contributed by atoms with Gasteiger partial charge in [0.25, 0.3) is 0 Å². The maximum Gasteiger partial charge on any atom is 0.319 e. The Bertz CT molecular complexity index is 1890. The van der Waals surface area contributed by atoms with Crippen molar-refractivity contribution >= 4 is 53.0 Å². The number of nitrogens with one attached hydrogen (secondary N) is 4. The molecule has 266 valence electrons. The first-order valence-electron chi connectivity index (χ1n) is 16.8. The van der Waals surface area contributed by atoms with Gasteiger partial charge in [-0.15, -0.1) is 12.4 Å². The molecule has 2 aromatic carbocycles. The van der Waals surface area contributed by atoms with Gasteiger partial charge in [-0.2, -0.15) is 9.97 Å². The summed E-state index contributed by atoms with van der Waals surface area (Å²) in [5.41, 5.74) is 3.89. The molecule has 3 amide bonds. The minimum Gasteiger partial charge on any atom is -0.388 e. The van der Waals surface area contributed by atoms with Gasteiger partial charge in [0.2, 0.25) is 11.9 Å². The Balaban J connectivity index is 0.00000448. The van der Waals surface area contributed by atoms with E-state index in [0.717, 1.165) is 11.1 Å². The normalized spacial score (nSPS) is 21.3. The summed E-state index contributed by atoms with van der Waals surface area (Å²) < 4.78 is 1.76. The molecule has 51 heavy (non-hydrogen) atoms. The number of nitrogens with zero attached hydrogens (tertiary/aromatic N) is 6. The quantitative estimate of drug-likeness (QED) is 0.125. The van der Waals surface area contributed by atoms with Crippen LogP contribution in [0.25, 0.3) is 11.2 Å². The fraction of sp³-hybridized carbons (Fsp3) is 0.333. The van der Waals surface area contributed by atoms with Crippen molar-refractivity contribution < 1.29 is 19.8 Å². The van der Waals surface area contributed by atoms with E-state index < -0.39 is 24.3 Å². The summed E-state index contributed by atoms with van der Waals surface area (Å²) in [4.78, 5) is 45.2. The molecule has 14 nitrogen and oxygen atoms in total. The minimum absolute atomic E-state index is 0. The number of aliphatic hydroxyl groups is 2. The van der Waals surface area contributed by atoms with Crippen LogP contribution in [0.15, 0.2) is 91.5 Å². The Hall–Kier alpha value is -5.31. The highest BCUT2D eigenvalue weighted by molar-refractivity contribution is 5.89. The molecule has 0 radical (unpaired) electrons. The van der Waals surface area contributed by atoms with E-state index in [1.165, 1.54) is 6.92 Å². The van der Waals surface area contributed by atoms with Crippen molar-refractivity contribution in [2.24, 2.45) is 0 Å². The molecule has 15 heteroatoms. The van der Waals surface area contributed by atoms with Crippen LogP contribution in [0, 0.1) is 0 Å². The number of aliphatic hydroxyl groups excluding tert-OH is 2. The van der Waals surface area contributed by atoms with Crippen molar-refractivity contribution in [3.05, 3.63) is 103 Å². The Morgan fingerprint density at radius 2 is 1.67 bits per heavy atom. The lowest BCUT2D eigenvalue weighted by Gasteiger charge is -2.22. The van der Waals surface area contributed by atoms with Gasteiger partial charge in [0.15, 0.2) is 17.0 Å². The van der Waals surface area contributed by atoms with E-state index in [4.69, 9.17) is 15.0 Å². The number of benzene rings is 2. The second kappa shape index (κ2) is 15.7. The molecule has 3 aromatic heterocycles. The zero-order chi connectivity index (χ0) is 34.6. The summed E-state index contributed by atoms with van der Waals surface area (Å²) in [6.07, 6.45) is 3.50. The van der Waals surface area contributed by atoms with Crippen molar-refractivity contribution in [3.8, 4) is 0 Å². The molecule has 2 fully saturated rings. The molecule has 1 saturated carbocycles. The Morgan fingerprint density at radius 1 is 0.941 bits per heavy atom. The molecule has 0 spiro atoms. The topological polar surface area (TPSA) is 182 Å². The number of aromatic nitrogens is 5.